The van der Waals surface area contributed by atoms with Gasteiger partial charge in [-0.1, -0.05) is 12.1 Å². The van der Waals surface area contributed by atoms with Crippen LogP contribution in [0.15, 0.2) is 36.4 Å². The first-order valence-electron chi connectivity index (χ1n) is 9.49. The molecule has 0 bridgehead atoms. The Kier molecular flexibility index (Phi) is 6.26. The molecule has 0 fully saturated rings. The fourth-order valence-electron chi connectivity index (χ4n) is 2.68. The second-order valence-corrected chi connectivity index (χ2v) is 9.02. The van der Waals surface area contributed by atoms with Gasteiger partial charge in [-0.25, -0.2) is 9.59 Å². The highest BCUT2D eigenvalue weighted by molar-refractivity contribution is 5.96. The van der Waals surface area contributed by atoms with Crippen molar-refractivity contribution in [1.29, 1.82) is 0 Å². The molecule has 0 atom stereocenters. The fraction of sp³-hybridized carbons (Fsp3) is 0.391. The topological polar surface area (TPSA) is 105 Å². The Hall–Kier alpha value is -3.02. The summed E-state index contributed by atoms with van der Waals surface area (Å²) in [6, 6.07) is 10.5. The van der Waals surface area contributed by atoms with Crippen molar-refractivity contribution in [3.05, 3.63) is 58.7 Å². The molecule has 0 saturated carbocycles. The maximum absolute atomic E-state index is 12.4. The number of carbonyl (C=O) groups is 2. The fourth-order valence-corrected chi connectivity index (χ4v) is 2.68. The lowest BCUT2D eigenvalue weighted by Gasteiger charge is -2.20. The Morgan fingerprint density at radius 1 is 0.724 bits per heavy atom. The molecule has 2 aromatic rings. The van der Waals surface area contributed by atoms with E-state index in [9.17, 15) is 9.59 Å². The molecule has 0 aliphatic carbocycles. The number of carbonyl (C=O) groups excluding carboxylic acids is 2. The molecule has 6 nitrogen and oxygen atoms in total. The molecule has 0 unspecified atom stereocenters. The highest BCUT2D eigenvalue weighted by Gasteiger charge is 2.21. The summed E-state index contributed by atoms with van der Waals surface area (Å²) in [7, 11) is 0. The Balaban J connectivity index is 2.28. The van der Waals surface area contributed by atoms with E-state index in [1.54, 1.807) is 65.8 Å². The summed E-state index contributed by atoms with van der Waals surface area (Å²) >= 11 is 0. The van der Waals surface area contributed by atoms with Crippen molar-refractivity contribution in [3.8, 4) is 0 Å². The van der Waals surface area contributed by atoms with Gasteiger partial charge in [-0.05, 0) is 83.4 Å². The number of hydrogen-bond donors (Lipinski definition) is 2. The molecule has 6 heteroatoms. The van der Waals surface area contributed by atoms with Crippen LogP contribution in [0.3, 0.4) is 0 Å². The van der Waals surface area contributed by atoms with Gasteiger partial charge in [-0.15, -0.1) is 0 Å². The SMILES string of the molecule is CC(C)(C)OC(=O)c1cc(Cc2ccc(N)c(C(=O)OC(C)(C)C)c2)ccc1N. The molecule has 2 aromatic carbocycles. The van der Waals surface area contributed by atoms with E-state index < -0.39 is 23.1 Å². The predicted molar refractivity (Wildman–Crippen MR) is 115 cm³/mol. The van der Waals surface area contributed by atoms with Crippen LogP contribution in [0, 0.1) is 0 Å². The van der Waals surface area contributed by atoms with Gasteiger partial charge in [0.2, 0.25) is 0 Å². The van der Waals surface area contributed by atoms with Crippen molar-refractivity contribution in [2.45, 2.75) is 59.2 Å². The van der Waals surface area contributed by atoms with Gasteiger partial charge in [0.05, 0.1) is 11.1 Å². The lowest BCUT2D eigenvalue weighted by atomic mass is 9.99. The van der Waals surface area contributed by atoms with Crippen LogP contribution in [0.4, 0.5) is 11.4 Å². The molecular weight excluding hydrogens is 368 g/mol. The second-order valence-electron chi connectivity index (χ2n) is 9.02. The Morgan fingerprint density at radius 2 is 1.07 bits per heavy atom. The van der Waals surface area contributed by atoms with Gasteiger partial charge in [0, 0.05) is 11.4 Å². The molecule has 4 N–H and O–H groups in total. The number of rotatable bonds is 4. The second kappa shape index (κ2) is 8.15. The van der Waals surface area contributed by atoms with Gasteiger partial charge in [0.15, 0.2) is 0 Å². The highest BCUT2D eigenvalue weighted by Crippen LogP contribution is 2.23. The monoisotopic (exact) mass is 398 g/mol. The zero-order valence-corrected chi connectivity index (χ0v) is 18.0. The number of esters is 2. The first-order chi connectivity index (χ1) is 13.2. The van der Waals surface area contributed by atoms with E-state index in [-0.39, 0.29) is 0 Å². The lowest BCUT2D eigenvalue weighted by Crippen LogP contribution is -2.24. The van der Waals surface area contributed by atoms with Crippen molar-refractivity contribution >= 4 is 23.3 Å². The first kappa shape index (κ1) is 22.3. The summed E-state index contributed by atoms with van der Waals surface area (Å²) < 4.78 is 10.9. The minimum atomic E-state index is -0.612. The minimum Gasteiger partial charge on any atom is -0.456 e. The van der Waals surface area contributed by atoms with Crippen LogP contribution in [0.5, 0.6) is 0 Å². The van der Waals surface area contributed by atoms with Crippen LogP contribution in [-0.2, 0) is 15.9 Å². The first-order valence-corrected chi connectivity index (χ1v) is 9.49. The largest absolute Gasteiger partial charge is 0.456 e. The van der Waals surface area contributed by atoms with E-state index in [2.05, 4.69) is 0 Å². The normalized spacial score (nSPS) is 11.8. The predicted octanol–water partition coefficient (Wildman–Crippen LogP) is 4.35. The van der Waals surface area contributed by atoms with Crippen molar-refractivity contribution in [3.63, 3.8) is 0 Å². The number of ether oxygens (including phenoxy) is 2. The van der Waals surface area contributed by atoms with Crippen molar-refractivity contribution < 1.29 is 19.1 Å². The van der Waals surface area contributed by atoms with Gasteiger partial charge in [-0.2, -0.15) is 0 Å². The average molecular weight is 399 g/mol. The Morgan fingerprint density at radius 3 is 1.38 bits per heavy atom. The maximum atomic E-state index is 12.4. The number of hydrogen-bond acceptors (Lipinski definition) is 6. The molecule has 0 amide bonds. The molecule has 0 aliphatic rings. The van der Waals surface area contributed by atoms with E-state index in [0.717, 1.165) is 11.1 Å². The third-order valence-electron chi connectivity index (χ3n) is 3.88. The summed E-state index contributed by atoms with van der Waals surface area (Å²) in [5, 5.41) is 0. The van der Waals surface area contributed by atoms with E-state index in [0.29, 0.717) is 28.9 Å². The zero-order valence-electron chi connectivity index (χ0n) is 18.0. The molecule has 29 heavy (non-hydrogen) atoms. The highest BCUT2D eigenvalue weighted by atomic mass is 16.6. The van der Waals surface area contributed by atoms with E-state index in [1.807, 2.05) is 12.1 Å². The van der Waals surface area contributed by atoms with Crippen molar-refractivity contribution in [2.24, 2.45) is 0 Å². The lowest BCUT2D eigenvalue weighted by molar-refractivity contribution is 0.00581. The van der Waals surface area contributed by atoms with E-state index in [1.165, 1.54) is 0 Å². The van der Waals surface area contributed by atoms with E-state index >= 15 is 0 Å². The molecule has 0 spiro atoms. The van der Waals surface area contributed by atoms with Crippen molar-refractivity contribution in [2.75, 3.05) is 11.5 Å². The van der Waals surface area contributed by atoms with Gasteiger partial charge >= 0.3 is 11.9 Å². The Labute approximate surface area is 172 Å². The van der Waals surface area contributed by atoms with Crippen LogP contribution >= 0.6 is 0 Å². The van der Waals surface area contributed by atoms with E-state index in [4.69, 9.17) is 20.9 Å². The summed E-state index contributed by atoms with van der Waals surface area (Å²) in [5.74, 6) is -0.938. The van der Waals surface area contributed by atoms with Crippen molar-refractivity contribution in [1.82, 2.24) is 0 Å². The molecular formula is C23H30N2O4. The summed E-state index contributed by atoms with van der Waals surface area (Å²) in [4.78, 5) is 24.9. The molecule has 0 saturated heterocycles. The van der Waals surface area contributed by atoms with Crippen LogP contribution in [0.25, 0.3) is 0 Å². The smallest absolute Gasteiger partial charge is 0.340 e. The summed E-state index contributed by atoms with van der Waals surface area (Å²) in [6.45, 7) is 10.8. The van der Waals surface area contributed by atoms with Gasteiger partial charge in [-0.3, -0.25) is 0 Å². The third kappa shape index (κ3) is 6.52. The average Bonchev–Trinajstić information content (AvgIpc) is 2.55. The zero-order chi connectivity index (χ0) is 22.0. The third-order valence-corrected chi connectivity index (χ3v) is 3.88. The molecule has 0 aromatic heterocycles. The van der Waals surface area contributed by atoms with Crippen LogP contribution in [0.2, 0.25) is 0 Å². The molecule has 2 rings (SSSR count). The molecule has 156 valence electrons. The number of nitrogen functional groups attached to an aromatic ring is 2. The number of nitrogens with two attached hydrogens (primary N) is 2. The van der Waals surface area contributed by atoms with Gasteiger partial charge in [0.25, 0.3) is 0 Å². The van der Waals surface area contributed by atoms with Gasteiger partial charge < -0.3 is 20.9 Å². The quantitative estimate of drug-likeness (QED) is 0.586. The number of benzene rings is 2. The Bertz CT molecular complexity index is 846. The molecule has 0 heterocycles. The standard InChI is InChI=1S/C23H30N2O4/c1-22(2,3)28-20(26)16-12-14(7-9-18(16)24)11-15-8-10-19(25)17(13-15)21(27)29-23(4,5)6/h7-10,12-13H,11,24-25H2,1-6H3. The minimum absolute atomic E-state index is 0.320. The molecule has 0 radical (unpaired) electrons. The summed E-state index contributed by atoms with van der Waals surface area (Å²) in [5.41, 5.74) is 13.8. The summed E-state index contributed by atoms with van der Waals surface area (Å²) in [6.07, 6.45) is 0.492. The maximum Gasteiger partial charge on any atom is 0.340 e. The number of anilines is 2. The van der Waals surface area contributed by atoms with Gasteiger partial charge in [0.1, 0.15) is 11.2 Å². The van der Waals surface area contributed by atoms with Crippen LogP contribution < -0.4 is 11.5 Å². The van der Waals surface area contributed by atoms with Crippen LogP contribution in [0.1, 0.15) is 73.4 Å². The molecule has 0 aliphatic heterocycles. The van der Waals surface area contributed by atoms with Crippen LogP contribution in [-0.4, -0.2) is 23.1 Å².